The van der Waals surface area contributed by atoms with E-state index in [1.165, 1.54) is 16.7 Å². The summed E-state index contributed by atoms with van der Waals surface area (Å²) in [7, 11) is 0. The van der Waals surface area contributed by atoms with Gasteiger partial charge in [0.05, 0.1) is 10.2 Å². The van der Waals surface area contributed by atoms with Crippen molar-refractivity contribution in [2.24, 2.45) is 0 Å². The molecule has 27 heavy (non-hydrogen) atoms. The van der Waals surface area contributed by atoms with Crippen LogP contribution in [0, 0.1) is 34.3 Å². The van der Waals surface area contributed by atoms with Gasteiger partial charge in [0.15, 0.2) is 17.2 Å². The van der Waals surface area contributed by atoms with Gasteiger partial charge in [0, 0.05) is 5.02 Å². The number of halogens is 3. The van der Waals surface area contributed by atoms with Crippen LogP contribution < -0.4 is 14.8 Å². The van der Waals surface area contributed by atoms with Gasteiger partial charge in [-0.15, -0.1) is 11.3 Å². The van der Waals surface area contributed by atoms with Crippen LogP contribution in [-0.4, -0.2) is 4.57 Å². The van der Waals surface area contributed by atoms with Crippen LogP contribution in [0.3, 0.4) is 0 Å². The SMILES string of the molecule is N#CC(C#N)=c1s/c(=C\c2ccc(F)c(F)c2)c(=O)n1-c1ccc(Cl)cc1. The molecule has 0 N–H and O–H groups in total. The quantitative estimate of drug-likeness (QED) is 0.665. The Labute approximate surface area is 160 Å². The lowest BCUT2D eigenvalue weighted by atomic mass is 10.2. The number of aromatic nitrogens is 1. The molecule has 0 bridgehead atoms. The molecule has 0 aliphatic heterocycles. The van der Waals surface area contributed by atoms with Crippen molar-refractivity contribution in [3.8, 4) is 17.8 Å². The highest BCUT2D eigenvalue weighted by Gasteiger charge is 2.11. The molecule has 1 aromatic heterocycles. The minimum atomic E-state index is -1.04. The molecule has 0 radical (unpaired) electrons. The summed E-state index contributed by atoms with van der Waals surface area (Å²) in [5.74, 6) is -2.04. The molecule has 4 nitrogen and oxygen atoms in total. The molecule has 0 aliphatic carbocycles. The summed E-state index contributed by atoms with van der Waals surface area (Å²) in [5, 5.41) is 18.9. The van der Waals surface area contributed by atoms with E-state index in [4.69, 9.17) is 11.6 Å². The van der Waals surface area contributed by atoms with E-state index in [9.17, 15) is 24.1 Å². The van der Waals surface area contributed by atoms with Crippen LogP contribution in [0.25, 0.3) is 17.3 Å². The average molecular weight is 400 g/mol. The Hall–Kier alpha value is -3.26. The standard InChI is InChI=1S/C19H8ClF2N3OS/c20-13-2-4-14(5-3-13)25-18(26)17(27-19(25)12(9-23)10-24)8-11-1-6-15(21)16(22)7-11/h1-8H/b17-8-. The summed E-state index contributed by atoms with van der Waals surface area (Å²) in [4.78, 5) is 12.9. The topological polar surface area (TPSA) is 69.6 Å². The van der Waals surface area contributed by atoms with Gasteiger partial charge in [-0.05, 0) is 48.0 Å². The first-order chi connectivity index (χ1) is 12.9. The molecular formula is C19H8ClF2N3OS. The van der Waals surface area contributed by atoms with Crippen LogP contribution in [0.2, 0.25) is 5.02 Å². The van der Waals surface area contributed by atoms with E-state index in [1.54, 1.807) is 36.4 Å². The number of thiazole rings is 1. The molecule has 132 valence electrons. The molecule has 3 aromatic rings. The number of nitriles is 2. The molecule has 0 saturated carbocycles. The number of benzene rings is 2. The van der Waals surface area contributed by atoms with Crippen molar-refractivity contribution in [2.45, 2.75) is 0 Å². The van der Waals surface area contributed by atoms with E-state index < -0.39 is 17.2 Å². The summed E-state index contributed by atoms with van der Waals surface area (Å²) < 4.78 is 28.0. The average Bonchev–Trinajstić information content (AvgIpc) is 2.96. The number of rotatable bonds is 2. The lowest BCUT2D eigenvalue weighted by Crippen LogP contribution is -2.30. The fourth-order valence-corrected chi connectivity index (χ4v) is 3.53. The van der Waals surface area contributed by atoms with Crippen LogP contribution in [0.5, 0.6) is 0 Å². The van der Waals surface area contributed by atoms with Gasteiger partial charge in [-0.1, -0.05) is 17.7 Å². The largest absolute Gasteiger partial charge is 0.273 e. The molecule has 1 heterocycles. The predicted molar refractivity (Wildman–Crippen MR) is 98.7 cm³/mol. The zero-order valence-electron chi connectivity index (χ0n) is 13.4. The summed E-state index contributed by atoms with van der Waals surface area (Å²) in [5.41, 5.74) is -0.0387. The molecule has 3 rings (SSSR count). The van der Waals surface area contributed by atoms with Crippen molar-refractivity contribution in [3.63, 3.8) is 0 Å². The first-order valence-electron chi connectivity index (χ1n) is 7.43. The lowest BCUT2D eigenvalue weighted by molar-refractivity contribution is 0.508. The molecule has 0 amide bonds. The first-order valence-corrected chi connectivity index (χ1v) is 8.63. The van der Waals surface area contributed by atoms with Crippen molar-refractivity contribution in [1.29, 1.82) is 10.5 Å². The van der Waals surface area contributed by atoms with E-state index in [-0.39, 0.29) is 20.3 Å². The van der Waals surface area contributed by atoms with Crippen LogP contribution >= 0.6 is 22.9 Å². The first kappa shape index (κ1) is 18.5. The van der Waals surface area contributed by atoms with Gasteiger partial charge in [0.2, 0.25) is 0 Å². The van der Waals surface area contributed by atoms with Crippen molar-refractivity contribution >= 4 is 34.6 Å². The zero-order chi connectivity index (χ0) is 19.6. The Morgan fingerprint density at radius 2 is 1.74 bits per heavy atom. The Morgan fingerprint density at radius 1 is 1.07 bits per heavy atom. The summed E-state index contributed by atoms with van der Waals surface area (Å²) in [6, 6.07) is 13.1. The third-order valence-corrected chi connectivity index (χ3v) is 4.93. The molecule has 0 unspecified atom stereocenters. The van der Waals surface area contributed by atoms with Crippen molar-refractivity contribution in [2.75, 3.05) is 0 Å². The summed E-state index contributed by atoms with van der Waals surface area (Å²) in [6.45, 7) is 0. The van der Waals surface area contributed by atoms with Gasteiger partial charge in [-0.3, -0.25) is 9.36 Å². The van der Waals surface area contributed by atoms with E-state index in [1.807, 2.05) is 0 Å². The maximum atomic E-state index is 13.4. The zero-order valence-corrected chi connectivity index (χ0v) is 15.0. The highest BCUT2D eigenvalue weighted by Crippen LogP contribution is 2.12. The van der Waals surface area contributed by atoms with Gasteiger partial charge in [-0.25, -0.2) is 8.78 Å². The van der Waals surface area contributed by atoms with Gasteiger partial charge < -0.3 is 0 Å². The van der Waals surface area contributed by atoms with E-state index in [0.29, 0.717) is 10.7 Å². The molecule has 0 fully saturated rings. The third-order valence-electron chi connectivity index (χ3n) is 3.59. The molecule has 0 saturated heterocycles. The van der Waals surface area contributed by atoms with E-state index >= 15 is 0 Å². The molecule has 0 aliphatic rings. The predicted octanol–water partition coefficient (Wildman–Crippen LogP) is 2.86. The minimum absolute atomic E-state index is 0.140. The Morgan fingerprint density at radius 3 is 2.33 bits per heavy atom. The highest BCUT2D eigenvalue weighted by atomic mass is 35.5. The molecular weight excluding hydrogens is 392 g/mol. The normalized spacial score (nSPS) is 11.1. The monoisotopic (exact) mass is 399 g/mol. The summed E-state index contributed by atoms with van der Waals surface area (Å²) >= 11 is 6.78. The van der Waals surface area contributed by atoms with E-state index in [0.717, 1.165) is 23.5 Å². The maximum absolute atomic E-state index is 13.4. The highest BCUT2D eigenvalue weighted by molar-refractivity contribution is 7.07. The van der Waals surface area contributed by atoms with Gasteiger partial charge >= 0.3 is 0 Å². The molecule has 2 aromatic carbocycles. The van der Waals surface area contributed by atoms with Crippen molar-refractivity contribution in [1.82, 2.24) is 4.57 Å². The fourth-order valence-electron chi connectivity index (χ4n) is 2.35. The lowest BCUT2D eigenvalue weighted by Gasteiger charge is -2.01. The van der Waals surface area contributed by atoms with Gasteiger partial charge in [0.25, 0.3) is 5.56 Å². The van der Waals surface area contributed by atoms with Crippen molar-refractivity contribution in [3.05, 3.63) is 84.2 Å². The minimum Gasteiger partial charge on any atom is -0.267 e. The van der Waals surface area contributed by atoms with Crippen LogP contribution in [-0.2, 0) is 0 Å². The second kappa shape index (κ2) is 7.55. The van der Waals surface area contributed by atoms with Crippen molar-refractivity contribution < 1.29 is 8.78 Å². The van der Waals surface area contributed by atoms with Gasteiger partial charge in [-0.2, -0.15) is 10.5 Å². The van der Waals surface area contributed by atoms with Gasteiger partial charge in [0.1, 0.15) is 16.8 Å². The van der Waals surface area contributed by atoms with Crippen LogP contribution in [0.15, 0.2) is 47.3 Å². The molecule has 0 spiro atoms. The Balaban J connectivity index is 2.36. The number of nitrogens with zero attached hydrogens (tertiary/aromatic N) is 3. The number of hydrogen-bond acceptors (Lipinski definition) is 4. The fraction of sp³-hybridized carbons (Fsp3) is 0. The Kier molecular flexibility index (Phi) is 5.18. The van der Waals surface area contributed by atoms with Crippen LogP contribution in [0.1, 0.15) is 5.56 Å². The maximum Gasteiger partial charge on any atom is 0.273 e. The summed E-state index contributed by atoms with van der Waals surface area (Å²) in [6.07, 6.45) is 1.37. The smallest absolute Gasteiger partial charge is 0.267 e. The second-order valence-corrected chi connectivity index (χ2v) is 6.77. The number of hydrogen-bond donors (Lipinski definition) is 0. The van der Waals surface area contributed by atoms with Crippen LogP contribution in [0.4, 0.5) is 8.78 Å². The van der Waals surface area contributed by atoms with E-state index in [2.05, 4.69) is 0 Å². The third kappa shape index (κ3) is 3.65. The molecule has 8 heteroatoms. The Bertz CT molecular complexity index is 1280. The second-order valence-electron chi connectivity index (χ2n) is 5.30. The molecule has 0 atom stereocenters.